The lowest BCUT2D eigenvalue weighted by Crippen LogP contribution is -2.50. The number of primary amides is 1. The number of rotatable bonds is 6. The average Bonchev–Trinajstić information content (AvgIpc) is 2.78. The van der Waals surface area contributed by atoms with E-state index in [1.54, 1.807) is 0 Å². The molecule has 1 aliphatic heterocycles. The van der Waals surface area contributed by atoms with Gasteiger partial charge in [-0.2, -0.15) is 0 Å². The number of hydrogen-bond donors (Lipinski definition) is 2. The molecule has 1 amide bonds. The van der Waals surface area contributed by atoms with Crippen LogP contribution in [0.5, 0.6) is 5.75 Å². The van der Waals surface area contributed by atoms with Crippen LogP contribution in [0.3, 0.4) is 0 Å². The van der Waals surface area contributed by atoms with Gasteiger partial charge in [0.05, 0.1) is 0 Å². The van der Waals surface area contributed by atoms with Gasteiger partial charge in [0.15, 0.2) is 0 Å². The third-order valence-electron chi connectivity index (χ3n) is 7.32. The van der Waals surface area contributed by atoms with Gasteiger partial charge in [-0.15, -0.1) is 0 Å². The number of hydrogen-bond acceptors (Lipinski definition) is 3. The molecule has 2 bridgehead atoms. The molecule has 2 aliphatic rings. The molecule has 2 aromatic carbocycles. The van der Waals surface area contributed by atoms with Crippen molar-refractivity contribution >= 4 is 5.91 Å². The molecular weight excluding hydrogens is 360 g/mol. The zero-order chi connectivity index (χ0) is 20.4. The molecule has 1 aliphatic carbocycles. The summed E-state index contributed by atoms with van der Waals surface area (Å²) in [5.74, 6) is 0.571. The predicted octanol–water partition coefficient (Wildman–Crippen LogP) is 4.14. The molecule has 4 rings (SSSR count). The summed E-state index contributed by atoms with van der Waals surface area (Å²) in [6, 6.07) is 17.1. The van der Waals surface area contributed by atoms with Gasteiger partial charge in [0.25, 0.3) is 0 Å². The van der Waals surface area contributed by atoms with Crippen LogP contribution >= 0.6 is 0 Å². The third-order valence-corrected chi connectivity index (χ3v) is 7.32. The molecule has 29 heavy (non-hydrogen) atoms. The van der Waals surface area contributed by atoms with Crippen molar-refractivity contribution in [3.05, 3.63) is 65.2 Å². The maximum atomic E-state index is 11.4. The fraction of sp³-hybridized carbons (Fsp3) is 0.480. The first-order chi connectivity index (χ1) is 14.0. The number of likely N-dealkylation sites (tertiary alicyclic amines) is 1. The van der Waals surface area contributed by atoms with Crippen molar-refractivity contribution < 1.29 is 9.90 Å². The Hall–Kier alpha value is -2.33. The van der Waals surface area contributed by atoms with E-state index in [9.17, 15) is 9.90 Å². The van der Waals surface area contributed by atoms with Gasteiger partial charge >= 0.3 is 0 Å². The summed E-state index contributed by atoms with van der Waals surface area (Å²) in [5, 5.41) is 10.2. The SMILES string of the molecule is C[C@H]1[C@H]2Cc3ccc(O)cc3[C@]1(CCCC(N)=O)CCCN2Cc1ccccc1. The zero-order valence-electron chi connectivity index (χ0n) is 17.3. The molecule has 1 saturated heterocycles. The molecule has 2 aromatic rings. The average molecular weight is 393 g/mol. The summed E-state index contributed by atoms with van der Waals surface area (Å²) < 4.78 is 0. The van der Waals surface area contributed by atoms with Crippen molar-refractivity contribution in [2.45, 2.75) is 63.5 Å². The number of carbonyl (C=O) groups excluding carboxylic acids is 1. The number of amides is 1. The quantitative estimate of drug-likeness (QED) is 0.776. The van der Waals surface area contributed by atoms with E-state index in [0.29, 0.717) is 24.1 Å². The molecule has 4 nitrogen and oxygen atoms in total. The fourth-order valence-electron chi connectivity index (χ4n) is 5.87. The van der Waals surface area contributed by atoms with Crippen LogP contribution in [-0.2, 0) is 23.2 Å². The molecule has 0 saturated carbocycles. The van der Waals surface area contributed by atoms with Gasteiger partial charge in [-0.25, -0.2) is 0 Å². The fourth-order valence-corrected chi connectivity index (χ4v) is 5.87. The van der Waals surface area contributed by atoms with E-state index in [4.69, 9.17) is 5.73 Å². The first kappa shape index (κ1) is 20.0. The van der Waals surface area contributed by atoms with Crippen molar-refractivity contribution in [2.24, 2.45) is 11.7 Å². The van der Waals surface area contributed by atoms with Gasteiger partial charge in [-0.05, 0) is 78.8 Å². The molecule has 0 radical (unpaired) electrons. The van der Waals surface area contributed by atoms with Crippen molar-refractivity contribution in [3.8, 4) is 5.75 Å². The highest BCUT2D eigenvalue weighted by molar-refractivity contribution is 5.73. The van der Waals surface area contributed by atoms with Crippen molar-refractivity contribution in [1.29, 1.82) is 0 Å². The van der Waals surface area contributed by atoms with Gasteiger partial charge in [0, 0.05) is 19.0 Å². The molecule has 3 N–H and O–H groups in total. The maximum absolute atomic E-state index is 11.4. The Bertz CT molecular complexity index is 866. The lowest BCUT2D eigenvalue weighted by Gasteiger charge is -2.49. The maximum Gasteiger partial charge on any atom is 0.217 e. The lowest BCUT2D eigenvalue weighted by molar-refractivity contribution is -0.118. The van der Waals surface area contributed by atoms with Crippen LogP contribution in [-0.4, -0.2) is 28.5 Å². The second-order valence-corrected chi connectivity index (χ2v) is 8.94. The Kier molecular flexibility index (Phi) is 5.64. The molecular formula is C25H32N2O2. The highest BCUT2D eigenvalue weighted by atomic mass is 16.3. The summed E-state index contributed by atoms with van der Waals surface area (Å²) in [4.78, 5) is 14.0. The zero-order valence-corrected chi connectivity index (χ0v) is 17.3. The summed E-state index contributed by atoms with van der Waals surface area (Å²) in [7, 11) is 0. The van der Waals surface area contributed by atoms with Crippen molar-refractivity contribution in [1.82, 2.24) is 4.90 Å². The molecule has 0 aromatic heterocycles. The summed E-state index contributed by atoms with van der Waals surface area (Å²) >= 11 is 0. The van der Waals surface area contributed by atoms with E-state index in [2.05, 4.69) is 48.2 Å². The monoisotopic (exact) mass is 392 g/mol. The summed E-state index contributed by atoms with van der Waals surface area (Å²) in [5.41, 5.74) is 9.45. The smallest absolute Gasteiger partial charge is 0.217 e. The van der Waals surface area contributed by atoms with E-state index >= 15 is 0 Å². The molecule has 3 atom stereocenters. The highest BCUT2D eigenvalue weighted by Crippen LogP contribution is 2.51. The predicted molar refractivity (Wildman–Crippen MR) is 116 cm³/mol. The summed E-state index contributed by atoms with van der Waals surface area (Å²) in [6.07, 6.45) is 5.41. The van der Waals surface area contributed by atoms with Crippen LogP contribution in [0.4, 0.5) is 0 Å². The Labute approximate surface area is 173 Å². The van der Waals surface area contributed by atoms with E-state index in [1.807, 2.05) is 12.1 Å². The van der Waals surface area contributed by atoms with Gasteiger partial charge in [-0.1, -0.05) is 43.3 Å². The number of carbonyl (C=O) groups is 1. The van der Waals surface area contributed by atoms with E-state index < -0.39 is 0 Å². The minimum Gasteiger partial charge on any atom is -0.508 e. The lowest BCUT2D eigenvalue weighted by atomic mass is 9.58. The second kappa shape index (κ2) is 8.19. The third kappa shape index (κ3) is 3.91. The van der Waals surface area contributed by atoms with Crippen LogP contribution < -0.4 is 5.73 Å². The van der Waals surface area contributed by atoms with Crippen LogP contribution in [0, 0.1) is 5.92 Å². The topological polar surface area (TPSA) is 66.6 Å². The molecule has 0 unspecified atom stereocenters. The Morgan fingerprint density at radius 3 is 2.79 bits per heavy atom. The molecule has 1 fully saturated rings. The number of aromatic hydroxyl groups is 1. The van der Waals surface area contributed by atoms with Crippen LogP contribution in [0.2, 0.25) is 0 Å². The van der Waals surface area contributed by atoms with Gasteiger partial charge in [0.1, 0.15) is 5.75 Å². The number of nitrogens with zero attached hydrogens (tertiary/aromatic N) is 1. The first-order valence-electron chi connectivity index (χ1n) is 10.9. The molecule has 4 heteroatoms. The van der Waals surface area contributed by atoms with E-state index in [0.717, 1.165) is 45.2 Å². The summed E-state index contributed by atoms with van der Waals surface area (Å²) in [6.45, 7) is 4.44. The van der Waals surface area contributed by atoms with Gasteiger partial charge in [0.2, 0.25) is 5.91 Å². The Morgan fingerprint density at radius 2 is 2.03 bits per heavy atom. The normalized spacial score (nSPS) is 26.5. The number of fused-ring (bicyclic) bond motifs is 4. The largest absolute Gasteiger partial charge is 0.508 e. The number of phenolic OH excluding ortho intramolecular Hbond substituents is 1. The van der Waals surface area contributed by atoms with Crippen molar-refractivity contribution in [3.63, 3.8) is 0 Å². The first-order valence-corrected chi connectivity index (χ1v) is 10.9. The Balaban J connectivity index is 1.69. The van der Waals surface area contributed by atoms with Crippen LogP contribution in [0.15, 0.2) is 48.5 Å². The standard InChI is InChI=1S/C25H32N2O2/c1-18-23-15-20-10-11-21(28)16-22(20)25(18,12-5-9-24(26)29)13-6-14-27(23)17-19-7-3-2-4-8-19/h2-4,7-8,10-11,16,18,23,28H,5-6,9,12-15,17H2,1H3,(H2,26,29)/t18-,23+,25+/m0/s1. The number of nitrogens with two attached hydrogens (primary N) is 1. The highest BCUT2D eigenvalue weighted by Gasteiger charge is 2.48. The van der Waals surface area contributed by atoms with Gasteiger partial charge < -0.3 is 10.8 Å². The van der Waals surface area contributed by atoms with Crippen LogP contribution in [0.25, 0.3) is 0 Å². The second-order valence-electron chi connectivity index (χ2n) is 8.94. The number of phenols is 1. The van der Waals surface area contributed by atoms with E-state index in [-0.39, 0.29) is 11.3 Å². The van der Waals surface area contributed by atoms with Crippen molar-refractivity contribution in [2.75, 3.05) is 6.54 Å². The van der Waals surface area contributed by atoms with E-state index in [1.165, 1.54) is 16.7 Å². The molecule has 1 heterocycles. The molecule has 154 valence electrons. The minimum atomic E-state index is -0.225. The Morgan fingerprint density at radius 1 is 1.24 bits per heavy atom. The number of benzene rings is 2. The van der Waals surface area contributed by atoms with Gasteiger partial charge in [-0.3, -0.25) is 9.69 Å². The molecule has 0 spiro atoms. The van der Waals surface area contributed by atoms with Crippen LogP contribution in [0.1, 0.15) is 55.7 Å². The minimum absolute atomic E-state index is 0.00211.